The molecule has 1 aromatic rings. The zero-order valence-electron chi connectivity index (χ0n) is 14.2. The number of nitrogens with zero attached hydrogens (tertiary/aromatic N) is 1. The highest BCUT2D eigenvalue weighted by atomic mass is 16.5. The number of carbonyl (C=O) groups excluding carboxylic acids is 1. The average molecular weight is 320 g/mol. The molecule has 0 radical (unpaired) electrons. The molecule has 0 bridgehead atoms. The molecule has 1 N–H and O–H groups in total. The van der Waals surface area contributed by atoms with Gasteiger partial charge in [-0.2, -0.15) is 0 Å². The molecule has 1 aliphatic heterocycles. The van der Waals surface area contributed by atoms with Crippen molar-refractivity contribution in [2.24, 2.45) is 0 Å². The number of rotatable bonds is 8. The number of nitrogens with one attached hydrogen (secondary N) is 1. The van der Waals surface area contributed by atoms with E-state index in [9.17, 15) is 4.79 Å². The van der Waals surface area contributed by atoms with Gasteiger partial charge in [0.15, 0.2) is 0 Å². The summed E-state index contributed by atoms with van der Waals surface area (Å²) in [6, 6.07) is 10.5. The number of carbonyl (C=O) groups is 1. The lowest BCUT2D eigenvalue weighted by Gasteiger charge is -2.35. The first-order chi connectivity index (χ1) is 11.1. The number of ether oxygens (including phenoxy) is 2. The van der Waals surface area contributed by atoms with Crippen LogP contribution in [0.5, 0.6) is 0 Å². The van der Waals surface area contributed by atoms with E-state index in [0.717, 1.165) is 18.7 Å². The number of amides is 1. The fraction of sp³-hybridized carbons (Fsp3) is 0.611. The molecule has 0 aromatic heterocycles. The van der Waals surface area contributed by atoms with Gasteiger partial charge < -0.3 is 14.8 Å². The maximum atomic E-state index is 12.0. The molecule has 128 valence electrons. The van der Waals surface area contributed by atoms with E-state index in [0.29, 0.717) is 38.8 Å². The lowest BCUT2D eigenvalue weighted by Crippen LogP contribution is -2.47. The summed E-state index contributed by atoms with van der Waals surface area (Å²) in [4.78, 5) is 14.3. The Labute approximate surface area is 139 Å². The molecule has 1 aliphatic rings. The smallest absolute Gasteiger partial charge is 0.222 e. The van der Waals surface area contributed by atoms with Gasteiger partial charge in [-0.25, -0.2) is 0 Å². The van der Waals surface area contributed by atoms with Crippen LogP contribution in [0.15, 0.2) is 30.3 Å². The van der Waals surface area contributed by atoms with Gasteiger partial charge in [0.05, 0.1) is 32.3 Å². The lowest BCUT2D eigenvalue weighted by molar-refractivity contribution is -0.126. The van der Waals surface area contributed by atoms with Crippen LogP contribution in [-0.2, 0) is 20.9 Å². The Morgan fingerprint density at radius 3 is 2.91 bits per heavy atom. The Hall–Kier alpha value is -1.43. The molecule has 5 nitrogen and oxygen atoms in total. The van der Waals surface area contributed by atoms with Gasteiger partial charge in [0, 0.05) is 25.7 Å². The Morgan fingerprint density at radius 1 is 1.39 bits per heavy atom. The Balaban J connectivity index is 1.56. The van der Waals surface area contributed by atoms with Gasteiger partial charge in [0.1, 0.15) is 0 Å². The van der Waals surface area contributed by atoms with Gasteiger partial charge in [-0.1, -0.05) is 30.3 Å². The first-order valence-corrected chi connectivity index (χ1v) is 8.39. The zero-order chi connectivity index (χ0) is 16.5. The van der Waals surface area contributed by atoms with Crippen LogP contribution in [0, 0.1) is 0 Å². The maximum absolute atomic E-state index is 12.0. The van der Waals surface area contributed by atoms with Crippen molar-refractivity contribution in [2.45, 2.75) is 39.0 Å². The van der Waals surface area contributed by atoms with Crippen LogP contribution in [0.4, 0.5) is 0 Å². The van der Waals surface area contributed by atoms with E-state index < -0.39 is 0 Å². The van der Waals surface area contributed by atoms with Crippen LogP contribution >= 0.6 is 0 Å². The minimum Gasteiger partial charge on any atom is -0.375 e. The highest BCUT2D eigenvalue weighted by Crippen LogP contribution is 2.11. The molecule has 0 spiro atoms. The van der Waals surface area contributed by atoms with Crippen LogP contribution in [0.3, 0.4) is 0 Å². The molecule has 1 heterocycles. The van der Waals surface area contributed by atoms with Crippen molar-refractivity contribution in [1.29, 1.82) is 0 Å². The van der Waals surface area contributed by atoms with E-state index in [1.165, 1.54) is 0 Å². The Morgan fingerprint density at radius 2 is 2.17 bits per heavy atom. The quantitative estimate of drug-likeness (QED) is 0.742. The summed E-state index contributed by atoms with van der Waals surface area (Å²) in [5.74, 6) is 0.0314. The third kappa shape index (κ3) is 6.69. The van der Waals surface area contributed by atoms with Crippen molar-refractivity contribution in [3.05, 3.63) is 35.9 Å². The topological polar surface area (TPSA) is 50.8 Å². The first-order valence-electron chi connectivity index (χ1n) is 8.39. The molecule has 1 aromatic carbocycles. The zero-order valence-corrected chi connectivity index (χ0v) is 14.2. The van der Waals surface area contributed by atoms with Crippen molar-refractivity contribution in [2.75, 3.05) is 32.8 Å². The summed E-state index contributed by atoms with van der Waals surface area (Å²) in [6.45, 7) is 8.45. The van der Waals surface area contributed by atoms with E-state index in [4.69, 9.17) is 9.47 Å². The standard InChI is InChI=1S/C18H28N2O3/c1-15(2)20-9-11-23-17(13-20)12-18(21)19-8-10-22-14-16-6-4-3-5-7-16/h3-7,15,17H,8-14H2,1-2H3,(H,19,21)/t17-/m1/s1. The SMILES string of the molecule is CC(C)N1CCO[C@H](CC(=O)NCCOCc2ccccc2)C1. The molecule has 1 atom stereocenters. The first kappa shape index (κ1) is 17.9. The maximum Gasteiger partial charge on any atom is 0.222 e. The van der Waals surface area contributed by atoms with Gasteiger partial charge in [0.2, 0.25) is 5.91 Å². The predicted octanol–water partition coefficient (Wildman–Crippen LogP) is 1.82. The molecule has 0 saturated carbocycles. The summed E-state index contributed by atoms with van der Waals surface area (Å²) in [7, 11) is 0. The van der Waals surface area contributed by atoms with Gasteiger partial charge in [0.25, 0.3) is 0 Å². The summed E-state index contributed by atoms with van der Waals surface area (Å²) in [5.41, 5.74) is 1.14. The van der Waals surface area contributed by atoms with Crippen LogP contribution < -0.4 is 5.32 Å². The van der Waals surface area contributed by atoms with Crippen molar-refractivity contribution >= 4 is 5.91 Å². The van der Waals surface area contributed by atoms with E-state index in [-0.39, 0.29) is 12.0 Å². The second-order valence-electron chi connectivity index (χ2n) is 6.17. The van der Waals surface area contributed by atoms with Gasteiger partial charge in [-0.05, 0) is 19.4 Å². The molecule has 5 heteroatoms. The van der Waals surface area contributed by atoms with Crippen molar-refractivity contribution in [3.8, 4) is 0 Å². The summed E-state index contributed by atoms with van der Waals surface area (Å²) < 4.78 is 11.2. The molecular formula is C18H28N2O3. The summed E-state index contributed by atoms with van der Waals surface area (Å²) >= 11 is 0. The fourth-order valence-electron chi connectivity index (χ4n) is 2.64. The van der Waals surface area contributed by atoms with E-state index in [2.05, 4.69) is 24.1 Å². The second kappa shape index (κ2) is 9.65. The molecular weight excluding hydrogens is 292 g/mol. The van der Waals surface area contributed by atoms with Crippen LogP contribution in [-0.4, -0.2) is 55.8 Å². The van der Waals surface area contributed by atoms with E-state index in [1.807, 2.05) is 30.3 Å². The van der Waals surface area contributed by atoms with E-state index in [1.54, 1.807) is 0 Å². The van der Waals surface area contributed by atoms with Crippen molar-refractivity contribution in [3.63, 3.8) is 0 Å². The van der Waals surface area contributed by atoms with Crippen LogP contribution in [0.1, 0.15) is 25.8 Å². The molecule has 23 heavy (non-hydrogen) atoms. The summed E-state index contributed by atoms with van der Waals surface area (Å²) in [5, 5.41) is 2.90. The van der Waals surface area contributed by atoms with Gasteiger partial charge in [-0.3, -0.25) is 9.69 Å². The third-order valence-corrected chi connectivity index (χ3v) is 3.99. The van der Waals surface area contributed by atoms with E-state index >= 15 is 0 Å². The molecule has 0 aliphatic carbocycles. The molecule has 0 unspecified atom stereocenters. The third-order valence-electron chi connectivity index (χ3n) is 3.99. The molecule has 2 rings (SSSR count). The number of hydrogen-bond acceptors (Lipinski definition) is 4. The monoisotopic (exact) mass is 320 g/mol. The molecule has 1 amide bonds. The summed E-state index contributed by atoms with van der Waals surface area (Å²) in [6.07, 6.45) is 0.415. The fourth-order valence-corrected chi connectivity index (χ4v) is 2.64. The second-order valence-corrected chi connectivity index (χ2v) is 6.17. The normalized spacial score (nSPS) is 19.0. The van der Waals surface area contributed by atoms with Crippen molar-refractivity contribution in [1.82, 2.24) is 10.2 Å². The Kier molecular flexibility index (Phi) is 7.52. The number of hydrogen-bond donors (Lipinski definition) is 1. The highest BCUT2D eigenvalue weighted by Gasteiger charge is 2.24. The predicted molar refractivity (Wildman–Crippen MR) is 90.2 cm³/mol. The van der Waals surface area contributed by atoms with Crippen LogP contribution in [0.2, 0.25) is 0 Å². The van der Waals surface area contributed by atoms with Crippen LogP contribution in [0.25, 0.3) is 0 Å². The minimum atomic E-state index is -0.00335. The lowest BCUT2D eigenvalue weighted by atomic mass is 10.1. The van der Waals surface area contributed by atoms with Crippen molar-refractivity contribution < 1.29 is 14.3 Å². The van der Waals surface area contributed by atoms with Gasteiger partial charge >= 0.3 is 0 Å². The van der Waals surface area contributed by atoms with Gasteiger partial charge in [-0.15, -0.1) is 0 Å². The number of morpholine rings is 1. The average Bonchev–Trinajstić information content (AvgIpc) is 2.55. The number of benzene rings is 1. The molecule has 1 saturated heterocycles. The largest absolute Gasteiger partial charge is 0.375 e. The minimum absolute atomic E-state index is 0.00335. The molecule has 1 fully saturated rings. The Bertz CT molecular complexity index is 465. The highest BCUT2D eigenvalue weighted by molar-refractivity contribution is 5.76.